The zero-order chi connectivity index (χ0) is 26.0. The number of nitrogens with one attached hydrogen (secondary N) is 2. The van der Waals surface area contributed by atoms with Crippen molar-refractivity contribution in [2.24, 2.45) is 0 Å². The lowest BCUT2D eigenvalue weighted by atomic mass is 10.1. The second-order valence-electron chi connectivity index (χ2n) is 8.40. The molecule has 2 N–H and O–H groups in total. The minimum Gasteiger partial charge on any atom is -0.497 e. The molecule has 36 heavy (non-hydrogen) atoms. The van der Waals surface area contributed by atoms with E-state index in [9.17, 15) is 13.2 Å². The first-order valence-electron chi connectivity index (χ1n) is 12.3. The van der Waals surface area contributed by atoms with Crippen LogP contribution in [0, 0.1) is 0 Å². The molecule has 1 aliphatic rings. The highest BCUT2D eigenvalue weighted by atomic mass is 32.2. The summed E-state index contributed by atoms with van der Waals surface area (Å²) in [7, 11) is -2.01. The van der Waals surface area contributed by atoms with Gasteiger partial charge in [-0.05, 0) is 57.0 Å². The number of hydrogen-bond donors (Lipinski definition) is 2. The van der Waals surface area contributed by atoms with Crippen LogP contribution in [0.15, 0.2) is 40.6 Å². The van der Waals surface area contributed by atoms with Gasteiger partial charge >= 0.3 is 0 Å². The molecule has 0 radical (unpaired) electrons. The first-order valence-corrected chi connectivity index (χ1v) is 14.6. The summed E-state index contributed by atoms with van der Waals surface area (Å²) in [5, 5.41) is 6.35. The van der Waals surface area contributed by atoms with Crippen LogP contribution < -0.4 is 15.4 Å². The molecule has 9 nitrogen and oxygen atoms in total. The molecule has 1 aromatic heterocycles. The summed E-state index contributed by atoms with van der Waals surface area (Å²) in [5.41, 5.74) is 0.488. The third-order valence-electron chi connectivity index (χ3n) is 5.96. The Bertz CT molecular complexity index is 1060. The Hall–Kier alpha value is -2.02. The number of carbonyl (C=O) groups is 1. The Labute approximate surface area is 218 Å². The SMILES string of the molecule is CCOC(CCNC1CCN(S(=O)(=O)c2ccc(CNC(=O)c3cccc(OC)c3)s2)CC1)OCC. The van der Waals surface area contributed by atoms with Crippen LogP contribution in [0.1, 0.15) is 48.3 Å². The summed E-state index contributed by atoms with van der Waals surface area (Å²) in [6, 6.07) is 10.5. The zero-order valence-corrected chi connectivity index (χ0v) is 22.8. The summed E-state index contributed by atoms with van der Waals surface area (Å²) < 4.78 is 44.5. The van der Waals surface area contributed by atoms with Crippen LogP contribution in [0.5, 0.6) is 5.75 Å². The monoisotopic (exact) mass is 539 g/mol. The molecule has 0 saturated carbocycles. The third-order valence-corrected chi connectivity index (χ3v) is 9.41. The van der Waals surface area contributed by atoms with Crippen LogP contribution in [-0.4, -0.2) is 70.9 Å². The van der Waals surface area contributed by atoms with Crippen molar-refractivity contribution in [3.05, 3.63) is 46.8 Å². The fourth-order valence-electron chi connectivity index (χ4n) is 4.05. The average Bonchev–Trinajstić information content (AvgIpc) is 3.38. The van der Waals surface area contributed by atoms with Crippen molar-refractivity contribution in [2.75, 3.05) is 40.0 Å². The van der Waals surface area contributed by atoms with Crippen LogP contribution in [-0.2, 0) is 26.0 Å². The molecule has 1 saturated heterocycles. The number of hydrogen-bond acceptors (Lipinski definition) is 8. The highest BCUT2D eigenvalue weighted by molar-refractivity contribution is 7.91. The molecule has 1 fully saturated rings. The molecule has 0 atom stereocenters. The summed E-state index contributed by atoms with van der Waals surface area (Å²) in [6.07, 6.45) is 2.05. The first kappa shape index (κ1) is 28.5. The second kappa shape index (κ2) is 14.1. The Morgan fingerprint density at radius 2 is 1.86 bits per heavy atom. The van der Waals surface area contributed by atoms with Gasteiger partial charge in [0.2, 0.25) is 0 Å². The molecule has 1 amide bonds. The number of ether oxygens (including phenoxy) is 3. The number of benzene rings is 1. The first-order chi connectivity index (χ1) is 17.4. The maximum Gasteiger partial charge on any atom is 0.252 e. The number of amides is 1. The predicted octanol–water partition coefficient (Wildman–Crippen LogP) is 3.22. The Balaban J connectivity index is 1.46. The van der Waals surface area contributed by atoms with Gasteiger partial charge in [-0.2, -0.15) is 4.31 Å². The van der Waals surface area contributed by atoms with Crippen LogP contribution in [0.2, 0.25) is 0 Å². The van der Waals surface area contributed by atoms with Gasteiger partial charge in [-0.3, -0.25) is 4.79 Å². The number of methoxy groups -OCH3 is 1. The van der Waals surface area contributed by atoms with Crippen LogP contribution >= 0.6 is 11.3 Å². The van der Waals surface area contributed by atoms with Crippen LogP contribution in [0.3, 0.4) is 0 Å². The van der Waals surface area contributed by atoms with Gasteiger partial charge in [-0.1, -0.05) is 6.07 Å². The van der Waals surface area contributed by atoms with E-state index >= 15 is 0 Å². The van der Waals surface area contributed by atoms with Gasteiger partial charge < -0.3 is 24.8 Å². The number of sulfonamides is 1. The number of piperidine rings is 1. The summed E-state index contributed by atoms with van der Waals surface area (Å²) >= 11 is 1.19. The van der Waals surface area contributed by atoms with Gasteiger partial charge in [0, 0.05) is 55.8 Å². The quantitative estimate of drug-likeness (QED) is 0.355. The molecule has 0 spiro atoms. The molecule has 200 valence electrons. The summed E-state index contributed by atoms with van der Waals surface area (Å²) in [6.45, 7) is 7.08. The van der Waals surface area contributed by atoms with E-state index in [0.717, 1.165) is 30.7 Å². The van der Waals surface area contributed by atoms with Crippen molar-refractivity contribution < 1.29 is 27.4 Å². The average molecular weight is 540 g/mol. The molecule has 3 rings (SSSR count). The largest absolute Gasteiger partial charge is 0.497 e. The van der Waals surface area contributed by atoms with E-state index in [-0.39, 0.29) is 24.8 Å². The lowest BCUT2D eigenvalue weighted by Gasteiger charge is -2.31. The van der Waals surface area contributed by atoms with E-state index in [1.54, 1.807) is 47.8 Å². The smallest absolute Gasteiger partial charge is 0.252 e. The molecule has 2 heterocycles. The van der Waals surface area contributed by atoms with Gasteiger partial charge in [0.1, 0.15) is 9.96 Å². The maximum atomic E-state index is 13.2. The maximum absolute atomic E-state index is 13.2. The fraction of sp³-hybridized carbons (Fsp3) is 0.560. The molecule has 11 heteroatoms. The highest BCUT2D eigenvalue weighted by Crippen LogP contribution is 2.27. The predicted molar refractivity (Wildman–Crippen MR) is 140 cm³/mol. The van der Waals surface area contributed by atoms with Crippen molar-refractivity contribution in [3.63, 3.8) is 0 Å². The standard InChI is InChI=1S/C25H37N3O6S2/c1-4-33-23(34-5-2)11-14-26-20-12-15-28(16-13-20)36(30,31)24-10-9-22(35-24)18-27-25(29)19-7-6-8-21(17-19)32-3/h6-10,17,20,23,26H,4-5,11-16,18H2,1-3H3,(H,27,29). The topological polar surface area (TPSA) is 106 Å². The minimum absolute atomic E-state index is 0.207. The summed E-state index contributed by atoms with van der Waals surface area (Å²) in [5.74, 6) is 0.362. The van der Waals surface area contributed by atoms with Gasteiger partial charge in [0.25, 0.3) is 15.9 Å². The molecule has 1 aromatic carbocycles. The Kier molecular flexibility index (Phi) is 11.1. The zero-order valence-electron chi connectivity index (χ0n) is 21.2. The number of nitrogens with zero attached hydrogens (tertiary/aromatic N) is 1. The summed E-state index contributed by atoms with van der Waals surface area (Å²) in [4.78, 5) is 13.2. The molecule has 0 aliphatic carbocycles. The van der Waals surface area contributed by atoms with Crippen molar-refractivity contribution >= 4 is 27.3 Å². The molecule has 1 aliphatic heterocycles. The van der Waals surface area contributed by atoms with Crippen LogP contribution in [0.25, 0.3) is 0 Å². The van der Waals surface area contributed by atoms with Gasteiger partial charge in [0.15, 0.2) is 6.29 Å². The normalized spacial score (nSPS) is 15.3. The number of rotatable bonds is 14. The van der Waals surface area contributed by atoms with E-state index in [2.05, 4.69) is 10.6 Å². The van der Waals surface area contributed by atoms with Crippen LogP contribution in [0.4, 0.5) is 0 Å². The molecular formula is C25H37N3O6S2. The highest BCUT2D eigenvalue weighted by Gasteiger charge is 2.30. The molecular weight excluding hydrogens is 502 g/mol. The molecule has 0 unspecified atom stereocenters. The van der Waals surface area contributed by atoms with Crippen molar-refractivity contribution in [3.8, 4) is 5.75 Å². The van der Waals surface area contributed by atoms with Gasteiger partial charge in [0.05, 0.1) is 13.7 Å². The van der Waals surface area contributed by atoms with Gasteiger partial charge in [-0.15, -0.1) is 11.3 Å². The van der Waals surface area contributed by atoms with E-state index < -0.39 is 10.0 Å². The van der Waals surface area contributed by atoms with E-state index in [0.29, 0.717) is 41.8 Å². The second-order valence-corrected chi connectivity index (χ2v) is 11.7. The number of carbonyl (C=O) groups excluding carboxylic acids is 1. The lowest BCUT2D eigenvalue weighted by molar-refractivity contribution is -0.138. The fourth-order valence-corrected chi connectivity index (χ4v) is 6.96. The lowest BCUT2D eigenvalue weighted by Crippen LogP contribution is -2.45. The van der Waals surface area contributed by atoms with Gasteiger partial charge in [-0.25, -0.2) is 8.42 Å². The van der Waals surface area contributed by atoms with E-state index in [1.807, 2.05) is 13.8 Å². The molecule has 2 aromatic rings. The van der Waals surface area contributed by atoms with Crippen molar-refractivity contribution in [1.82, 2.24) is 14.9 Å². The van der Waals surface area contributed by atoms with E-state index in [4.69, 9.17) is 14.2 Å². The van der Waals surface area contributed by atoms with E-state index in [1.165, 1.54) is 11.3 Å². The van der Waals surface area contributed by atoms with Crippen molar-refractivity contribution in [2.45, 2.75) is 56.2 Å². The number of thiophene rings is 1. The Morgan fingerprint density at radius 1 is 1.14 bits per heavy atom. The third kappa shape index (κ3) is 7.99. The minimum atomic E-state index is -3.56. The Morgan fingerprint density at radius 3 is 2.53 bits per heavy atom. The van der Waals surface area contributed by atoms with Crippen molar-refractivity contribution in [1.29, 1.82) is 0 Å². The molecule has 0 bridgehead atoms.